The number of rotatable bonds is 6. The molecule has 0 bridgehead atoms. The van der Waals surface area contributed by atoms with Crippen LogP contribution >= 0.6 is 11.8 Å². The van der Waals surface area contributed by atoms with Gasteiger partial charge in [-0.1, -0.05) is 18.2 Å². The van der Waals surface area contributed by atoms with Gasteiger partial charge in [-0.3, -0.25) is 14.9 Å². The maximum absolute atomic E-state index is 12.9. The number of hydrogen-bond donors (Lipinski definition) is 0. The van der Waals surface area contributed by atoms with Gasteiger partial charge < -0.3 is 4.90 Å². The number of nitriles is 1. The van der Waals surface area contributed by atoms with Crippen LogP contribution in [0.2, 0.25) is 0 Å². The molecule has 0 N–H and O–H groups in total. The van der Waals surface area contributed by atoms with Crippen molar-refractivity contribution in [1.29, 1.82) is 5.26 Å². The summed E-state index contributed by atoms with van der Waals surface area (Å²) in [5.74, 6) is 0.00271. The van der Waals surface area contributed by atoms with Crippen LogP contribution in [-0.2, 0) is 10.0 Å². The van der Waals surface area contributed by atoms with Crippen LogP contribution in [0, 0.1) is 21.4 Å². The number of carbonyl (C=O) groups is 1. The van der Waals surface area contributed by atoms with Gasteiger partial charge in [-0.25, -0.2) is 8.42 Å². The summed E-state index contributed by atoms with van der Waals surface area (Å²) in [4.78, 5) is 25.3. The van der Waals surface area contributed by atoms with Crippen molar-refractivity contribution in [2.24, 2.45) is 0 Å². The van der Waals surface area contributed by atoms with Gasteiger partial charge in [0.2, 0.25) is 10.0 Å². The van der Waals surface area contributed by atoms with E-state index in [1.54, 1.807) is 29.2 Å². The van der Waals surface area contributed by atoms with Gasteiger partial charge >= 0.3 is 0 Å². The van der Waals surface area contributed by atoms with Gasteiger partial charge in [-0.05, 0) is 18.2 Å². The second kappa shape index (κ2) is 9.25. The number of non-ortho nitro benzene ring substituents is 1. The third-order valence-electron chi connectivity index (χ3n) is 4.60. The monoisotopic (exact) mass is 446 g/mol. The molecule has 0 radical (unpaired) electrons. The summed E-state index contributed by atoms with van der Waals surface area (Å²) in [5.41, 5.74) is 0.184. The minimum absolute atomic E-state index is 0.0876. The van der Waals surface area contributed by atoms with Gasteiger partial charge in [-0.15, -0.1) is 11.8 Å². The quantitative estimate of drug-likeness (QED) is 0.379. The first-order chi connectivity index (χ1) is 14.3. The van der Waals surface area contributed by atoms with Crippen LogP contribution in [0.25, 0.3) is 0 Å². The zero-order chi connectivity index (χ0) is 21.7. The van der Waals surface area contributed by atoms with Gasteiger partial charge in [0, 0.05) is 43.2 Å². The summed E-state index contributed by atoms with van der Waals surface area (Å²) in [6.07, 6.45) is 0. The molecule has 0 saturated carbocycles. The Kier molecular flexibility index (Phi) is 6.71. The van der Waals surface area contributed by atoms with E-state index in [2.05, 4.69) is 0 Å². The topological polar surface area (TPSA) is 125 Å². The van der Waals surface area contributed by atoms with Crippen molar-refractivity contribution >= 4 is 33.4 Å². The fourth-order valence-electron chi connectivity index (χ4n) is 3.09. The van der Waals surface area contributed by atoms with Gasteiger partial charge in [-0.2, -0.15) is 9.57 Å². The molecule has 2 aromatic rings. The molecule has 0 aromatic heterocycles. The highest BCUT2D eigenvalue weighted by atomic mass is 32.2. The number of benzene rings is 2. The predicted octanol–water partition coefficient (Wildman–Crippen LogP) is 2.36. The summed E-state index contributed by atoms with van der Waals surface area (Å²) in [6.45, 7) is 0.572. The van der Waals surface area contributed by atoms with Gasteiger partial charge in [0.15, 0.2) is 0 Å². The summed E-state index contributed by atoms with van der Waals surface area (Å²) in [7, 11) is -3.90. The lowest BCUT2D eigenvalue weighted by molar-refractivity contribution is -0.385. The number of nitro benzene ring substituents is 1. The minimum Gasteiger partial charge on any atom is -0.336 e. The van der Waals surface area contributed by atoms with Crippen molar-refractivity contribution in [2.45, 2.75) is 9.79 Å². The van der Waals surface area contributed by atoms with E-state index in [4.69, 9.17) is 5.26 Å². The number of nitrogens with zero attached hydrogens (tertiary/aromatic N) is 4. The second-order valence-electron chi connectivity index (χ2n) is 6.39. The third kappa shape index (κ3) is 4.62. The maximum Gasteiger partial charge on any atom is 0.270 e. The molecule has 0 spiro atoms. The summed E-state index contributed by atoms with van der Waals surface area (Å²) in [5, 5.41) is 19.7. The fourth-order valence-corrected chi connectivity index (χ4v) is 5.26. The first-order valence-corrected chi connectivity index (χ1v) is 11.4. The van der Waals surface area contributed by atoms with Gasteiger partial charge in [0.25, 0.3) is 11.6 Å². The normalized spacial score (nSPS) is 14.8. The first kappa shape index (κ1) is 21.8. The van der Waals surface area contributed by atoms with E-state index >= 15 is 0 Å². The van der Waals surface area contributed by atoms with Crippen LogP contribution in [0.15, 0.2) is 58.3 Å². The van der Waals surface area contributed by atoms with E-state index in [0.29, 0.717) is 10.5 Å². The van der Waals surface area contributed by atoms with E-state index in [9.17, 15) is 23.3 Å². The Morgan fingerprint density at radius 1 is 1.13 bits per heavy atom. The molecule has 156 valence electrons. The lowest BCUT2D eigenvalue weighted by Gasteiger charge is -2.34. The highest BCUT2D eigenvalue weighted by Gasteiger charge is 2.31. The van der Waals surface area contributed by atoms with Crippen molar-refractivity contribution in [1.82, 2.24) is 9.21 Å². The van der Waals surface area contributed by atoms with Gasteiger partial charge in [0.1, 0.15) is 0 Å². The average molecular weight is 447 g/mol. The predicted molar refractivity (Wildman–Crippen MR) is 111 cm³/mol. The van der Waals surface area contributed by atoms with Crippen molar-refractivity contribution in [3.05, 3.63) is 64.2 Å². The SMILES string of the molecule is N#CCSc1ccccc1C(=O)N1CCN(S(=O)(=O)c2cccc([N+](=O)[O-])c2)CC1. The first-order valence-electron chi connectivity index (χ1n) is 8.97. The Balaban J connectivity index is 1.72. The largest absolute Gasteiger partial charge is 0.336 e. The summed E-state index contributed by atoms with van der Waals surface area (Å²) < 4.78 is 26.9. The fraction of sp³-hybridized carbons (Fsp3) is 0.263. The van der Waals surface area contributed by atoms with Crippen LogP contribution in [0.1, 0.15) is 10.4 Å². The smallest absolute Gasteiger partial charge is 0.270 e. The van der Waals surface area contributed by atoms with E-state index < -0.39 is 14.9 Å². The Morgan fingerprint density at radius 3 is 2.50 bits per heavy atom. The molecule has 11 heteroatoms. The number of nitro groups is 1. The van der Waals surface area contributed by atoms with Crippen LogP contribution in [-0.4, -0.2) is 60.4 Å². The lowest BCUT2D eigenvalue weighted by Crippen LogP contribution is -2.50. The van der Waals surface area contributed by atoms with Crippen LogP contribution in [0.4, 0.5) is 5.69 Å². The lowest BCUT2D eigenvalue weighted by atomic mass is 10.2. The van der Waals surface area contributed by atoms with Crippen molar-refractivity contribution in [3.63, 3.8) is 0 Å². The Hall–Kier alpha value is -2.94. The molecule has 9 nitrogen and oxygen atoms in total. The van der Waals surface area contributed by atoms with Crippen LogP contribution < -0.4 is 0 Å². The highest BCUT2D eigenvalue weighted by molar-refractivity contribution is 7.99. The number of piperazine rings is 1. The minimum atomic E-state index is -3.90. The molecular weight excluding hydrogens is 428 g/mol. The maximum atomic E-state index is 12.9. The zero-order valence-electron chi connectivity index (χ0n) is 15.8. The van der Waals surface area contributed by atoms with E-state index in [1.807, 2.05) is 6.07 Å². The summed E-state index contributed by atoms with van der Waals surface area (Å²) >= 11 is 1.28. The van der Waals surface area contributed by atoms with Crippen molar-refractivity contribution in [3.8, 4) is 6.07 Å². The standard InChI is InChI=1S/C19H18N4O5S2/c20-8-13-29-18-7-2-1-6-17(18)19(24)21-9-11-22(12-10-21)30(27,28)16-5-3-4-15(14-16)23(25)26/h1-7,14H,9-13H2. The molecule has 1 aliphatic rings. The molecule has 0 atom stereocenters. The average Bonchev–Trinajstić information content (AvgIpc) is 2.77. The second-order valence-corrected chi connectivity index (χ2v) is 9.35. The molecule has 0 unspecified atom stereocenters. The molecular formula is C19H18N4O5S2. The van der Waals surface area contributed by atoms with Crippen molar-refractivity contribution < 1.29 is 18.1 Å². The molecule has 0 aliphatic carbocycles. The molecule has 1 heterocycles. The van der Waals surface area contributed by atoms with E-state index in [-0.39, 0.29) is 48.4 Å². The van der Waals surface area contributed by atoms with Crippen molar-refractivity contribution in [2.75, 3.05) is 31.9 Å². The number of thioether (sulfide) groups is 1. The molecule has 30 heavy (non-hydrogen) atoms. The molecule has 1 fully saturated rings. The third-order valence-corrected chi connectivity index (χ3v) is 7.44. The number of sulfonamides is 1. The molecule has 1 amide bonds. The Labute approximate surface area is 178 Å². The molecule has 1 saturated heterocycles. The van der Waals surface area contributed by atoms with Gasteiger partial charge in [0.05, 0.1) is 27.2 Å². The van der Waals surface area contributed by atoms with E-state index in [0.717, 1.165) is 6.07 Å². The van der Waals surface area contributed by atoms with Crippen LogP contribution in [0.3, 0.4) is 0 Å². The molecule has 2 aromatic carbocycles. The Morgan fingerprint density at radius 2 is 1.83 bits per heavy atom. The number of amides is 1. The molecule has 3 rings (SSSR count). The number of hydrogen-bond acceptors (Lipinski definition) is 7. The zero-order valence-corrected chi connectivity index (χ0v) is 17.4. The Bertz CT molecular complexity index is 1110. The highest BCUT2D eigenvalue weighted by Crippen LogP contribution is 2.25. The van der Waals surface area contributed by atoms with E-state index in [1.165, 1.54) is 34.3 Å². The van der Waals surface area contributed by atoms with Crippen LogP contribution in [0.5, 0.6) is 0 Å². The number of carbonyl (C=O) groups excluding carboxylic acids is 1. The summed E-state index contributed by atoms with van der Waals surface area (Å²) in [6, 6.07) is 14.0. The molecule has 1 aliphatic heterocycles.